The summed E-state index contributed by atoms with van der Waals surface area (Å²) in [6.07, 6.45) is 2.60. The number of nitrogens with zero attached hydrogens (tertiary/aromatic N) is 2. The SMILES string of the molecule is CCc1cn2nc(CN)cc2c(=O)[nH]1. The van der Waals surface area contributed by atoms with Crippen LogP contribution in [0.25, 0.3) is 5.52 Å². The van der Waals surface area contributed by atoms with Gasteiger partial charge in [-0.15, -0.1) is 0 Å². The molecule has 5 heteroatoms. The highest BCUT2D eigenvalue weighted by atomic mass is 16.1. The fourth-order valence-corrected chi connectivity index (χ4v) is 1.38. The summed E-state index contributed by atoms with van der Waals surface area (Å²) in [6, 6.07) is 1.71. The van der Waals surface area contributed by atoms with Gasteiger partial charge in [0.2, 0.25) is 0 Å². The first-order valence-electron chi connectivity index (χ1n) is 4.55. The van der Waals surface area contributed by atoms with Gasteiger partial charge >= 0.3 is 0 Å². The van der Waals surface area contributed by atoms with Crippen molar-refractivity contribution >= 4 is 5.52 Å². The molecule has 0 bridgehead atoms. The number of aromatic amines is 1. The summed E-state index contributed by atoms with van der Waals surface area (Å²) in [5.74, 6) is 0. The van der Waals surface area contributed by atoms with E-state index in [1.54, 1.807) is 10.6 Å². The van der Waals surface area contributed by atoms with Crippen molar-refractivity contribution in [1.82, 2.24) is 14.6 Å². The number of aromatic nitrogens is 3. The fourth-order valence-electron chi connectivity index (χ4n) is 1.38. The van der Waals surface area contributed by atoms with Crippen molar-refractivity contribution in [1.29, 1.82) is 0 Å². The van der Waals surface area contributed by atoms with E-state index >= 15 is 0 Å². The van der Waals surface area contributed by atoms with Gasteiger partial charge in [0.25, 0.3) is 5.56 Å². The van der Waals surface area contributed by atoms with Gasteiger partial charge < -0.3 is 10.7 Å². The molecule has 14 heavy (non-hydrogen) atoms. The average Bonchev–Trinajstić information content (AvgIpc) is 2.61. The zero-order valence-electron chi connectivity index (χ0n) is 7.95. The lowest BCUT2D eigenvalue weighted by atomic mass is 10.3. The smallest absolute Gasteiger partial charge is 0.274 e. The Kier molecular flexibility index (Phi) is 2.09. The Bertz CT molecular complexity index is 511. The van der Waals surface area contributed by atoms with Crippen LogP contribution in [-0.2, 0) is 13.0 Å². The second kappa shape index (κ2) is 3.26. The van der Waals surface area contributed by atoms with Gasteiger partial charge in [0, 0.05) is 18.4 Å². The number of aryl methyl sites for hydroxylation is 1. The Morgan fingerprint density at radius 2 is 2.43 bits per heavy atom. The standard InChI is InChI=1S/C9H12N4O/c1-2-6-5-13-8(9(14)11-6)3-7(4-10)12-13/h3,5H,2,4,10H2,1H3,(H,11,14). The highest BCUT2D eigenvalue weighted by Crippen LogP contribution is 2.02. The molecule has 0 amide bonds. The van der Waals surface area contributed by atoms with Crippen LogP contribution in [0.15, 0.2) is 17.1 Å². The normalized spacial score (nSPS) is 11.0. The van der Waals surface area contributed by atoms with E-state index < -0.39 is 0 Å². The molecule has 5 nitrogen and oxygen atoms in total. The molecule has 0 aromatic carbocycles. The molecule has 0 saturated carbocycles. The monoisotopic (exact) mass is 192 g/mol. The molecule has 0 radical (unpaired) electrons. The van der Waals surface area contributed by atoms with E-state index in [0.29, 0.717) is 12.1 Å². The molecular weight excluding hydrogens is 180 g/mol. The first-order chi connectivity index (χ1) is 6.74. The molecule has 2 rings (SSSR count). The lowest BCUT2D eigenvalue weighted by Gasteiger charge is -1.96. The summed E-state index contributed by atoms with van der Waals surface area (Å²) in [4.78, 5) is 14.3. The molecule has 0 fully saturated rings. The molecule has 2 aromatic rings. The minimum atomic E-state index is -0.114. The molecule has 0 spiro atoms. The quantitative estimate of drug-likeness (QED) is 0.705. The van der Waals surface area contributed by atoms with Crippen molar-refractivity contribution in [2.75, 3.05) is 0 Å². The van der Waals surface area contributed by atoms with Gasteiger partial charge in [-0.25, -0.2) is 4.52 Å². The number of nitrogens with two attached hydrogens (primary N) is 1. The highest BCUT2D eigenvalue weighted by molar-refractivity contribution is 5.45. The number of hydrogen-bond acceptors (Lipinski definition) is 3. The van der Waals surface area contributed by atoms with Gasteiger partial charge in [-0.05, 0) is 12.5 Å². The van der Waals surface area contributed by atoms with Crippen molar-refractivity contribution in [3.8, 4) is 0 Å². The summed E-state index contributed by atoms with van der Waals surface area (Å²) in [6.45, 7) is 2.33. The van der Waals surface area contributed by atoms with Crippen molar-refractivity contribution in [3.63, 3.8) is 0 Å². The van der Waals surface area contributed by atoms with E-state index in [2.05, 4.69) is 10.1 Å². The van der Waals surface area contributed by atoms with Crippen LogP contribution in [0.1, 0.15) is 18.3 Å². The molecular formula is C9H12N4O. The number of H-pyrrole nitrogens is 1. The van der Waals surface area contributed by atoms with Crippen LogP contribution in [0, 0.1) is 0 Å². The molecule has 2 heterocycles. The van der Waals surface area contributed by atoms with E-state index in [1.807, 2.05) is 13.1 Å². The maximum atomic E-state index is 11.5. The van der Waals surface area contributed by atoms with E-state index in [0.717, 1.165) is 17.8 Å². The lowest BCUT2D eigenvalue weighted by Crippen LogP contribution is -2.12. The molecule has 0 unspecified atom stereocenters. The largest absolute Gasteiger partial charge is 0.325 e. The van der Waals surface area contributed by atoms with Crippen LogP contribution < -0.4 is 11.3 Å². The topological polar surface area (TPSA) is 76.2 Å². The van der Waals surface area contributed by atoms with E-state index in [1.165, 1.54) is 0 Å². The molecule has 0 aliphatic heterocycles. The Labute approximate surface area is 80.6 Å². The fraction of sp³-hybridized carbons (Fsp3) is 0.333. The summed E-state index contributed by atoms with van der Waals surface area (Å²) < 4.78 is 1.58. The van der Waals surface area contributed by atoms with Crippen LogP contribution in [0.5, 0.6) is 0 Å². The minimum absolute atomic E-state index is 0.114. The highest BCUT2D eigenvalue weighted by Gasteiger charge is 2.04. The maximum Gasteiger partial charge on any atom is 0.274 e. The Morgan fingerprint density at radius 3 is 3.07 bits per heavy atom. The minimum Gasteiger partial charge on any atom is -0.325 e. The Morgan fingerprint density at radius 1 is 1.64 bits per heavy atom. The van der Waals surface area contributed by atoms with Gasteiger partial charge in [0.15, 0.2) is 0 Å². The average molecular weight is 192 g/mol. The number of rotatable bonds is 2. The van der Waals surface area contributed by atoms with Crippen LogP contribution in [-0.4, -0.2) is 14.6 Å². The predicted molar refractivity (Wildman–Crippen MR) is 53.1 cm³/mol. The van der Waals surface area contributed by atoms with E-state index in [-0.39, 0.29) is 5.56 Å². The van der Waals surface area contributed by atoms with Crippen LogP contribution in [0.4, 0.5) is 0 Å². The molecule has 0 aliphatic rings. The number of fused-ring (bicyclic) bond motifs is 1. The summed E-state index contributed by atoms with van der Waals surface area (Å²) in [5, 5.41) is 4.17. The van der Waals surface area contributed by atoms with Crippen LogP contribution >= 0.6 is 0 Å². The second-order valence-corrected chi connectivity index (χ2v) is 3.13. The lowest BCUT2D eigenvalue weighted by molar-refractivity contribution is 0.850. The summed E-state index contributed by atoms with van der Waals surface area (Å²) >= 11 is 0. The molecule has 0 saturated heterocycles. The number of hydrogen-bond donors (Lipinski definition) is 2. The molecule has 3 N–H and O–H groups in total. The van der Waals surface area contributed by atoms with Crippen LogP contribution in [0.3, 0.4) is 0 Å². The third-order valence-electron chi connectivity index (χ3n) is 2.16. The van der Waals surface area contributed by atoms with Crippen molar-refractivity contribution in [3.05, 3.63) is 34.0 Å². The van der Waals surface area contributed by atoms with Crippen molar-refractivity contribution in [2.24, 2.45) is 5.73 Å². The van der Waals surface area contributed by atoms with Gasteiger partial charge in [-0.2, -0.15) is 5.10 Å². The summed E-state index contributed by atoms with van der Waals surface area (Å²) in [7, 11) is 0. The third-order valence-corrected chi connectivity index (χ3v) is 2.16. The molecule has 0 atom stereocenters. The molecule has 0 aliphatic carbocycles. The molecule has 74 valence electrons. The Hall–Kier alpha value is -1.62. The summed E-state index contributed by atoms with van der Waals surface area (Å²) in [5.41, 5.74) is 7.47. The third kappa shape index (κ3) is 1.31. The van der Waals surface area contributed by atoms with Gasteiger partial charge in [-0.1, -0.05) is 6.92 Å². The second-order valence-electron chi connectivity index (χ2n) is 3.13. The van der Waals surface area contributed by atoms with E-state index in [9.17, 15) is 4.79 Å². The first-order valence-corrected chi connectivity index (χ1v) is 4.55. The first kappa shape index (κ1) is 8.96. The Balaban J connectivity index is 2.73. The van der Waals surface area contributed by atoms with E-state index in [4.69, 9.17) is 5.73 Å². The van der Waals surface area contributed by atoms with Crippen molar-refractivity contribution in [2.45, 2.75) is 19.9 Å². The number of nitrogens with one attached hydrogen (secondary N) is 1. The van der Waals surface area contributed by atoms with Crippen LogP contribution in [0.2, 0.25) is 0 Å². The maximum absolute atomic E-state index is 11.5. The van der Waals surface area contributed by atoms with Gasteiger partial charge in [-0.3, -0.25) is 4.79 Å². The predicted octanol–water partition coefficient (Wildman–Crippen LogP) is 0.0437. The van der Waals surface area contributed by atoms with Gasteiger partial charge in [0.1, 0.15) is 5.52 Å². The van der Waals surface area contributed by atoms with Crippen molar-refractivity contribution < 1.29 is 0 Å². The zero-order valence-corrected chi connectivity index (χ0v) is 7.95. The molecule has 2 aromatic heterocycles. The van der Waals surface area contributed by atoms with Gasteiger partial charge in [0.05, 0.1) is 5.69 Å². The zero-order chi connectivity index (χ0) is 10.1.